The van der Waals surface area contributed by atoms with Crippen molar-refractivity contribution in [1.82, 2.24) is 19.2 Å². The van der Waals surface area contributed by atoms with Crippen LogP contribution in [-0.4, -0.2) is 102 Å². The highest BCUT2D eigenvalue weighted by atomic mass is 35.5. The zero-order chi connectivity index (χ0) is 40.1. The van der Waals surface area contributed by atoms with Gasteiger partial charge in [-0.3, -0.25) is 9.80 Å². The van der Waals surface area contributed by atoms with Crippen LogP contribution >= 0.6 is 34.8 Å². The Morgan fingerprint density at radius 3 is 1.68 bits per heavy atom. The second-order valence-electron chi connectivity index (χ2n) is 13.5. The summed E-state index contributed by atoms with van der Waals surface area (Å²) in [7, 11) is -7.19. The first-order valence-electron chi connectivity index (χ1n) is 18.2. The average Bonchev–Trinajstić information content (AvgIpc) is 3.61. The molecule has 2 aliphatic rings. The summed E-state index contributed by atoms with van der Waals surface area (Å²) in [6.07, 6.45) is 2.20. The van der Waals surface area contributed by atoms with Crippen LogP contribution in [0.5, 0.6) is 11.5 Å². The van der Waals surface area contributed by atoms with Crippen LogP contribution in [0.25, 0.3) is 0 Å². The van der Waals surface area contributed by atoms with E-state index in [1.807, 2.05) is 48.5 Å². The summed E-state index contributed by atoms with van der Waals surface area (Å²) in [5, 5.41) is 18.8. The molecular weight excluding hydrogens is 823 g/mol. The molecule has 0 bridgehead atoms. The van der Waals surface area contributed by atoms with Crippen molar-refractivity contribution in [3.8, 4) is 11.5 Å². The molecule has 0 spiro atoms. The van der Waals surface area contributed by atoms with Gasteiger partial charge in [-0.25, -0.2) is 26.3 Å². The van der Waals surface area contributed by atoms with Gasteiger partial charge in [0, 0.05) is 56.4 Å². The third-order valence-corrected chi connectivity index (χ3v) is 13.2. The number of halogens is 3. The first-order valence-corrected chi connectivity index (χ1v) is 22.3. The van der Waals surface area contributed by atoms with Gasteiger partial charge in [0.2, 0.25) is 20.0 Å². The Morgan fingerprint density at radius 1 is 0.607 bits per heavy atom. The zero-order valence-electron chi connectivity index (χ0n) is 30.7. The van der Waals surface area contributed by atoms with Gasteiger partial charge in [0.1, 0.15) is 24.7 Å². The monoisotopic (exact) mass is 868 g/mol. The van der Waals surface area contributed by atoms with Crippen LogP contribution in [0.1, 0.15) is 30.4 Å². The molecule has 4 aromatic carbocycles. The molecule has 2 aliphatic heterocycles. The van der Waals surface area contributed by atoms with E-state index in [-0.39, 0.29) is 53.3 Å². The molecule has 12 nitrogen and oxygen atoms in total. The Morgan fingerprint density at radius 2 is 1.11 bits per heavy atom. The average molecular weight is 870 g/mol. The SMILES string of the molecule is O=S(=O)(NC1CCN(Cc2cccc(OCCO)c2)CC1)c1ccc(Cl)c(Cl)c1.O=S(=O)(N[C@H]1CCN(Cc2cccc(OCCO)c2)C1)c1ccc(Cl)cc1. The van der Waals surface area contributed by atoms with Crippen LogP contribution in [0.4, 0.5) is 0 Å². The summed E-state index contributed by atoms with van der Waals surface area (Å²) in [5.41, 5.74) is 2.21. The van der Waals surface area contributed by atoms with E-state index < -0.39 is 20.0 Å². The number of ether oxygens (including phenoxy) is 2. The zero-order valence-corrected chi connectivity index (χ0v) is 34.6. The molecule has 0 saturated carbocycles. The molecule has 2 fully saturated rings. The number of benzene rings is 4. The number of aliphatic hydroxyl groups excluding tert-OH is 2. The van der Waals surface area contributed by atoms with Crippen LogP contribution in [0.3, 0.4) is 0 Å². The maximum absolute atomic E-state index is 12.6. The predicted molar refractivity (Wildman–Crippen MR) is 219 cm³/mol. The molecule has 4 aromatic rings. The Kier molecular flexibility index (Phi) is 16.7. The third-order valence-electron chi connectivity index (χ3n) is 9.16. The minimum absolute atomic E-state index is 0.0180. The minimum Gasteiger partial charge on any atom is -0.491 e. The third kappa shape index (κ3) is 13.6. The number of piperidine rings is 1. The number of sulfonamides is 2. The van der Waals surface area contributed by atoms with Crippen molar-refractivity contribution < 1.29 is 36.5 Å². The van der Waals surface area contributed by atoms with Gasteiger partial charge in [0.05, 0.1) is 33.0 Å². The molecule has 0 amide bonds. The molecule has 304 valence electrons. The lowest BCUT2D eigenvalue weighted by atomic mass is 10.1. The molecule has 6 rings (SSSR count). The molecular formula is C39H47Cl3N4O8S2. The summed E-state index contributed by atoms with van der Waals surface area (Å²) in [4.78, 5) is 4.84. The summed E-state index contributed by atoms with van der Waals surface area (Å²) in [5.74, 6) is 1.46. The number of nitrogens with zero attached hydrogens (tertiary/aromatic N) is 2. The normalized spacial score (nSPS) is 17.0. The Labute approximate surface area is 344 Å². The summed E-state index contributed by atoms with van der Waals surface area (Å²) in [6.45, 7) is 5.02. The number of likely N-dealkylation sites (tertiary alicyclic amines) is 2. The number of hydrogen-bond donors (Lipinski definition) is 4. The predicted octanol–water partition coefficient (Wildman–Crippen LogP) is 5.57. The highest BCUT2D eigenvalue weighted by molar-refractivity contribution is 7.89. The van der Waals surface area contributed by atoms with E-state index in [0.29, 0.717) is 16.6 Å². The first kappa shape index (κ1) is 44.1. The first-order chi connectivity index (χ1) is 26.8. The van der Waals surface area contributed by atoms with Gasteiger partial charge in [0.15, 0.2) is 0 Å². The van der Waals surface area contributed by atoms with Crippen LogP contribution in [0.2, 0.25) is 15.1 Å². The van der Waals surface area contributed by atoms with Crippen molar-refractivity contribution in [3.05, 3.63) is 117 Å². The Balaban J connectivity index is 0.000000215. The van der Waals surface area contributed by atoms with E-state index in [1.165, 1.54) is 30.3 Å². The summed E-state index contributed by atoms with van der Waals surface area (Å²) >= 11 is 17.6. The lowest BCUT2D eigenvalue weighted by molar-refractivity contribution is 0.196. The van der Waals surface area contributed by atoms with Crippen molar-refractivity contribution in [1.29, 1.82) is 0 Å². The molecule has 56 heavy (non-hydrogen) atoms. The molecule has 4 N–H and O–H groups in total. The van der Waals surface area contributed by atoms with E-state index in [2.05, 4.69) is 19.2 Å². The fourth-order valence-corrected chi connectivity index (χ4v) is 9.51. The lowest BCUT2D eigenvalue weighted by Gasteiger charge is -2.32. The van der Waals surface area contributed by atoms with E-state index in [9.17, 15) is 16.8 Å². The van der Waals surface area contributed by atoms with Crippen LogP contribution < -0.4 is 18.9 Å². The smallest absolute Gasteiger partial charge is 0.240 e. The van der Waals surface area contributed by atoms with Gasteiger partial charge < -0.3 is 19.7 Å². The molecule has 17 heteroatoms. The molecule has 2 heterocycles. The van der Waals surface area contributed by atoms with E-state index >= 15 is 0 Å². The number of rotatable bonds is 16. The Bertz CT molecular complexity index is 2090. The van der Waals surface area contributed by atoms with Crippen LogP contribution in [0.15, 0.2) is 101 Å². The number of aliphatic hydroxyl groups is 2. The van der Waals surface area contributed by atoms with Gasteiger partial charge in [-0.1, -0.05) is 59.1 Å². The highest BCUT2D eigenvalue weighted by Crippen LogP contribution is 2.26. The van der Waals surface area contributed by atoms with Crippen LogP contribution in [0, 0.1) is 0 Å². The quantitative estimate of drug-likeness (QED) is 0.112. The van der Waals surface area contributed by atoms with E-state index in [0.717, 1.165) is 74.6 Å². The largest absolute Gasteiger partial charge is 0.491 e. The maximum Gasteiger partial charge on any atom is 0.240 e. The molecule has 2 saturated heterocycles. The molecule has 0 unspecified atom stereocenters. The van der Waals surface area contributed by atoms with Crippen molar-refractivity contribution in [3.63, 3.8) is 0 Å². The van der Waals surface area contributed by atoms with Crippen LogP contribution in [-0.2, 0) is 33.1 Å². The minimum atomic E-state index is -3.64. The molecule has 0 aromatic heterocycles. The molecule has 0 radical (unpaired) electrons. The second-order valence-corrected chi connectivity index (χ2v) is 18.2. The Hall–Kier alpha value is -2.99. The fraction of sp³-hybridized carbons (Fsp3) is 0.385. The van der Waals surface area contributed by atoms with Crippen molar-refractivity contribution >= 4 is 54.8 Å². The topological polar surface area (TPSA) is 158 Å². The van der Waals surface area contributed by atoms with Gasteiger partial charge >= 0.3 is 0 Å². The number of hydrogen-bond acceptors (Lipinski definition) is 10. The molecule has 0 aliphatic carbocycles. The van der Waals surface area contributed by atoms with E-state index in [1.54, 1.807) is 12.1 Å². The summed E-state index contributed by atoms with van der Waals surface area (Å²) in [6, 6.07) is 25.7. The summed E-state index contributed by atoms with van der Waals surface area (Å²) < 4.78 is 66.6. The second kappa shape index (κ2) is 21.1. The lowest BCUT2D eigenvalue weighted by Crippen LogP contribution is -2.44. The fourth-order valence-electron chi connectivity index (χ4n) is 6.42. The van der Waals surface area contributed by atoms with Gasteiger partial charge in [0.25, 0.3) is 0 Å². The van der Waals surface area contributed by atoms with Gasteiger partial charge in [-0.2, -0.15) is 0 Å². The highest BCUT2D eigenvalue weighted by Gasteiger charge is 2.28. The van der Waals surface area contributed by atoms with E-state index in [4.69, 9.17) is 54.5 Å². The van der Waals surface area contributed by atoms with Gasteiger partial charge in [-0.05, 0) is 97.1 Å². The number of nitrogens with one attached hydrogen (secondary N) is 2. The maximum atomic E-state index is 12.6. The van der Waals surface area contributed by atoms with Crippen molar-refractivity contribution in [2.45, 2.75) is 54.2 Å². The molecule has 1 atom stereocenters. The van der Waals surface area contributed by atoms with Gasteiger partial charge in [-0.15, -0.1) is 0 Å². The van der Waals surface area contributed by atoms with Crippen molar-refractivity contribution in [2.24, 2.45) is 0 Å². The standard InChI is InChI=1S/C20H24Cl2N2O4S.C19H23ClN2O4S/c21-19-5-4-18(13-20(19)22)29(26,27)23-16-6-8-24(9-7-16)14-15-2-1-3-17(12-15)28-11-10-25;20-16-4-6-19(7-5-16)27(24,25)21-17-8-9-22(14-17)13-15-2-1-3-18(12-15)26-11-10-23/h1-5,12-13,16,23,25H,6-11,14H2;1-7,12,17,21,23H,8-11,13-14H2/t;17-/m.0/s1. The van der Waals surface area contributed by atoms with Crippen molar-refractivity contribution in [2.75, 3.05) is 52.6 Å².